The number of aromatic nitrogens is 1. The maximum absolute atomic E-state index is 13.3. The van der Waals surface area contributed by atoms with Gasteiger partial charge in [0.1, 0.15) is 35.8 Å². The minimum atomic E-state index is -0.738. The van der Waals surface area contributed by atoms with Gasteiger partial charge in [-0.1, -0.05) is 29.4 Å². The van der Waals surface area contributed by atoms with Crippen molar-refractivity contribution in [1.29, 1.82) is 0 Å². The van der Waals surface area contributed by atoms with Crippen LogP contribution in [0.4, 0.5) is 8.78 Å². The summed E-state index contributed by atoms with van der Waals surface area (Å²) in [5.41, 5.74) is 2.52. The molecule has 0 radical (unpaired) electrons. The molecule has 0 aliphatic carbocycles. The zero-order valence-electron chi connectivity index (χ0n) is 16.0. The van der Waals surface area contributed by atoms with E-state index in [1.165, 1.54) is 24.3 Å². The zero-order chi connectivity index (χ0) is 20.9. The van der Waals surface area contributed by atoms with Crippen molar-refractivity contribution in [2.45, 2.75) is 12.6 Å². The highest BCUT2D eigenvalue weighted by Gasteiger charge is 2.12. The molecule has 154 valence electrons. The van der Waals surface area contributed by atoms with Crippen molar-refractivity contribution in [3.63, 3.8) is 0 Å². The minimum absolute atomic E-state index is 0.0877. The van der Waals surface area contributed by atoms with Crippen LogP contribution in [-0.2, 0) is 6.54 Å². The van der Waals surface area contributed by atoms with Crippen LogP contribution in [0.5, 0.6) is 5.75 Å². The molecule has 1 aromatic heterocycles. The molecule has 0 saturated heterocycles. The largest absolute Gasteiger partial charge is 0.491 e. The summed E-state index contributed by atoms with van der Waals surface area (Å²) in [5, 5.41) is 18.0. The van der Waals surface area contributed by atoms with Crippen LogP contribution < -0.4 is 10.1 Å². The first kappa shape index (κ1) is 20.0. The molecule has 0 aliphatic heterocycles. The summed E-state index contributed by atoms with van der Waals surface area (Å²) in [7, 11) is 0. The lowest BCUT2D eigenvalue weighted by atomic mass is 10.1. The van der Waals surface area contributed by atoms with Crippen LogP contribution in [0.1, 0.15) is 5.56 Å². The highest BCUT2D eigenvalue weighted by molar-refractivity contribution is 5.91. The number of nitrogens with zero attached hydrogens (tertiary/aromatic N) is 1. The van der Waals surface area contributed by atoms with Gasteiger partial charge in [-0.25, -0.2) is 8.78 Å². The third-order valence-corrected chi connectivity index (χ3v) is 4.58. The van der Waals surface area contributed by atoms with Crippen molar-refractivity contribution >= 4 is 11.0 Å². The Kier molecular flexibility index (Phi) is 6.02. The van der Waals surface area contributed by atoms with Crippen LogP contribution in [0.15, 0.2) is 71.3 Å². The molecule has 0 unspecified atom stereocenters. The van der Waals surface area contributed by atoms with Gasteiger partial charge in [0.2, 0.25) is 0 Å². The average Bonchev–Trinajstić information content (AvgIpc) is 3.15. The molecule has 0 aliphatic rings. The average molecular weight is 410 g/mol. The summed E-state index contributed by atoms with van der Waals surface area (Å²) >= 11 is 0. The quantitative estimate of drug-likeness (QED) is 0.453. The smallest absolute Gasteiger partial charge is 0.170 e. The van der Waals surface area contributed by atoms with Crippen molar-refractivity contribution in [3.05, 3.63) is 83.9 Å². The van der Waals surface area contributed by atoms with E-state index in [4.69, 9.17) is 9.26 Å². The molecule has 0 saturated carbocycles. The number of benzene rings is 3. The number of aliphatic hydroxyl groups excluding tert-OH is 1. The van der Waals surface area contributed by atoms with Gasteiger partial charge in [0, 0.05) is 30.1 Å². The van der Waals surface area contributed by atoms with Gasteiger partial charge in [-0.15, -0.1) is 0 Å². The summed E-state index contributed by atoms with van der Waals surface area (Å²) < 4.78 is 37.4. The van der Waals surface area contributed by atoms with Crippen LogP contribution in [0.3, 0.4) is 0 Å². The standard InChI is InChI=1S/C23H20F2N2O3/c24-17-5-1-3-15(9-17)12-26-13-19(28)14-29-20-6-2-4-16(10-20)23-21-8-7-18(25)11-22(21)30-27-23/h1-11,19,26,28H,12-14H2/t19-/m1/s1. The molecule has 0 spiro atoms. The first-order valence-corrected chi connectivity index (χ1v) is 9.50. The van der Waals surface area contributed by atoms with Crippen LogP contribution in [-0.4, -0.2) is 29.5 Å². The maximum Gasteiger partial charge on any atom is 0.170 e. The fourth-order valence-electron chi connectivity index (χ4n) is 3.13. The zero-order valence-corrected chi connectivity index (χ0v) is 16.0. The molecule has 5 nitrogen and oxygen atoms in total. The van der Waals surface area contributed by atoms with Gasteiger partial charge in [-0.3, -0.25) is 0 Å². The maximum atomic E-state index is 13.3. The first-order valence-electron chi connectivity index (χ1n) is 9.50. The van der Waals surface area contributed by atoms with E-state index in [-0.39, 0.29) is 18.2 Å². The molecule has 1 heterocycles. The van der Waals surface area contributed by atoms with E-state index >= 15 is 0 Å². The third-order valence-electron chi connectivity index (χ3n) is 4.58. The molecule has 0 bridgehead atoms. The molecule has 0 fully saturated rings. The molecule has 3 aromatic carbocycles. The van der Waals surface area contributed by atoms with E-state index < -0.39 is 6.10 Å². The lowest BCUT2D eigenvalue weighted by Gasteiger charge is -2.14. The topological polar surface area (TPSA) is 67.5 Å². The first-order chi connectivity index (χ1) is 14.6. The second-order valence-electron chi connectivity index (χ2n) is 6.93. The van der Waals surface area contributed by atoms with E-state index in [9.17, 15) is 13.9 Å². The normalized spacial score (nSPS) is 12.2. The van der Waals surface area contributed by atoms with Crippen LogP contribution in [0, 0.1) is 11.6 Å². The second kappa shape index (κ2) is 9.02. The summed E-state index contributed by atoms with van der Waals surface area (Å²) in [5.74, 6) is -0.111. The van der Waals surface area contributed by atoms with E-state index in [2.05, 4.69) is 10.5 Å². The van der Waals surface area contributed by atoms with Gasteiger partial charge in [0.05, 0.1) is 0 Å². The Morgan fingerprint density at radius 2 is 1.83 bits per heavy atom. The van der Waals surface area contributed by atoms with Gasteiger partial charge in [-0.05, 0) is 42.0 Å². The van der Waals surface area contributed by atoms with Crippen molar-refractivity contribution in [2.75, 3.05) is 13.2 Å². The van der Waals surface area contributed by atoms with Crippen molar-refractivity contribution in [1.82, 2.24) is 10.5 Å². The molecular weight excluding hydrogens is 390 g/mol. The van der Waals surface area contributed by atoms with Gasteiger partial charge in [-0.2, -0.15) is 0 Å². The monoisotopic (exact) mass is 410 g/mol. The predicted molar refractivity (Wildman–Crippen MR) is 109 cm³/mol. The number of fused-ring (bicyclic) bond motifs is 1. The minimum Gasteiger partial charge on any atom is -0.491 e. The molecule has 4 aromatic rings. The molecular formula is C23H20F2N2O3. The van der Waals surface area contributed by atoms with Gasteiger partial charge in [0.25, 0.3) is 0 Å². The fraction of sp³-hybridized carbons (Fsp3) is 0.174. The third kappa shape index (κ3) is 4.82. The van der Waals surface area contributed by atoms with Crippen LogP contribution in [0.2, 0.25) is 0 Å². The van der Waals surface area contributed by atoms with Gasteiger partial charge >= 0.3 is 0 Å². The lowest BCUT2D eigenvalue weighted by Crippen LogP contribution is -2.31. The Bertz CT molecular complexity index is 1150. The Labute approximate surface area is 171 Å². The van der Waals surface area contributed by atoms with E-state index in [0.29, 0.717) is 35.5 Å². The van der Waals surface area contributed by atoms with E-state index in [0.717, 1.165) is 11.1 Å². The molecule has 2 N–H and O–H groups in total. The second-order valence-corrected chi connectivity index (χ2v) is 6.93. The Morgan fingerprint density at radius 1 is 1.00 bits per heavy atom. The summed E-state index contributed by atoms with van der Waals surface area (Å²) in [6.07, 6.45) is -0.738. The molecule has 4 rings (SSSR count). The Hall–Kier alpha value is -3.29. The summed E-state index contributed by atoms with van der Waals surface area (Å²) in [6.45, 7) is 0.838. The number of ether oxygens (including phenoxy) is 1. The molecule has 30 heavy (non-hydrogen) atoms. The number of halogens is 2. The number of aliphatic hydroxyl groups is 1. The number of nitrogens with one attached hydrogen (secondary N) is 1. The van der Waals surface area contributed by atoms with Crippen LogP contribution >= 0.6 is 0 Å². The SMILES string of the molecule is O[C@H](CNCc1cccc(F)c1)COc1cccc(-c2noc3cc(F)ccc23)c1. The number of hydrogen-bond acceptors (Lipinski definition) is 5. The van der Waals surface area contributed by atoms with Gasteiger partial charge < -0.3 is 19.7 Å². The Balaban J connectivity index is 1.34. The summed E-state index contributed by atoms with van der Waals surface area (Å²) in [6, 6.07) is 17.8. The van der Waals surface area contributed by atoms with E-state index in [1.807, 2.05) is 18.2 Å². The van der Waals surface area contributed by atoms with Crippen LogP contribution in [0.25, 0.3) is 22.2 Å². The summed E-state index contributed by atoms with van der Waals surface area (Å²) in [4.78, 5) is 0. The predicted octanol–water partition coefficient (Wildman–Crippen LogP) is 4.30. The van der Waals surface area contributed by atoms with Crippen molar-refractivity contribution in [2.24, 2.45) is 0 Å². The Morgan fingerprint density at radius 3 is 2.70 bits per heavy atom. The molecule has 7 heteroatoms. The van der Waals surface area contributed by atoms with Gasteiger partial charge in [0.15, 0.2) is 5.58 Å². The molecule has 0 amide bonds. The molecule has 1 atom stereocenters. The van der Waals surface area contributed by atoms with E-state index in [1.54, 1.807) is 24.3 Å². The van der Waals surface area contributed by atoms with Crippen molar-refractivity contribution in [3.8, 4) is 17.0 Å². The number of rotatable bonds is 8. The number of hydrogen-bond donors (Lipinski definition) is 2. The lowest BCUT2D eigenvalue weighted by molar-refractivity contribution is 0.106. The highest BCUT2D eigenvalue weighted by Crippen LogP contribution is 2.30. The highest BCUT2D eigenvalue weighted by atomic mass is 19.1. The van der Waals surface area contributed by atoms with Crippen molar-refractivity contribution < 1.29 is 23.1 Å². The fourth-order valence-corrected chi connectivity index (χ4v) is 3.13.